The highest BCUT2D eigenvalue weighted by Gasteiger charge is 2.40. The summed E-state index contributed by atoms with van der Waals surface area (Å²) in [5.41, 5.74) is 6.92. The van der Waals surface area contributed by atoms with E-state index in [0.717, 1.165) is 71.5 Å². The van der Waals surface area contributed by atoms with E-state index >= 15 is 4.57 Å². The van der Waals surface area contributed by atoms with Gasteiger partial charge in [-0.25, -0.2) is 9.97 Å². The highest BCUT2D eigenvalue weighted by atomic mass is 31.2. The molecular weight excluding hydrogens is 569 g/mol. The van der Waals surface area contributed by atoms with Crippen molar-refractivity contribution in [3.8, 4) is 39.6 Å². The number of nitrogens with zero attached hydrogens (tertiary/aromatic N) is 3. The van der Waals surface area contributed by atoms with Crippen molar-refractivity contribution in [2.75, 3.05) is 0 Å². The summed E-state index contributed by atoms with van der Waals surface area (Å²) in [5, 5.41) is 4.79. The highest BCUT2D eigenvalue weighted by Crippen LogP contribution is 2.53. The highest BCUT2D eigenvalue weighted by molar-refractivity contribution is 7.86. The summed E-state index contributed by atoms with van der Waals surface area (Å²) in [6.07, 6.45) is 0. The molecule has 4 nitrogen and oxygen atoms in total. The summed E-state index contributed by atoms with van der Waals surface area (Å²) in [4.78, 5) is 10.2. The van der Waals surface area contributed by atoms with Crippen molar-refractivity contribution >= 4 is 44.9 Å². The molecule has 1 aliphatic rings. The number of para-hydroxylation sites is 1. The van der Waals surface area contributed by atoms with Crippen LogP contribution in [0.2, 0.25) is 0 Å². The summed E-state index contributed by atoms with van der Waals surface area (Å²) in [6, 6.07) is 53.3. The second-order valence-corrected chi connectivity index (χ2v) is 14.1. The lowest BCUT2D eigenvalue weighted by molar-refractivity contribution is 0.593. The minimum absolute atomic E-state index is 0.665. The SMILES string of the molecule is O=P1(c2ccccc2)c2ccccc2-c2cc3c(cc21)c1ccccc1n3-c1cc(-c2ccccc2)nc(-c2ccccc2)n1. The number of aromatic nitrogens is 3. The van der Waals surface area contributed by atoms with Crippen LogP contribution < -0.4 is 15.9 Å². The normalized spacial score (nSPS) is 15.3. The summed E-state index contributed by atoms with van der Waals surface area (Å²) in [5.74, 6) is 1.45. The van der Waals surface area contributed by atoms with Crippen molar-refractivity contribution in [3.63, 3.8) is 0 Å². The van der Waals surface area contributed by atoms with Gasteiger partial charge in [0.2, 0.25) is 0 Å². The predicted molar refractivity (Wildman–Crippen MR) is 186 cm³/mol. The van der Waals surface area contributed by atoms with E-state index < -0.39 is 7.14 Å². The second kappa shape index (κ2) is 9.99. The molecule has 5 heteroatoms. The maximum absolute atomic E-state index is 15.3. The van der Waals surface area contributed by atoms with Crippen LogP contribution in [0.25, 0.3) is 61.4 Å². The Morgan fingerprint density at radius 2 is 1.13 bits per heavy atom. The molecule has 0 saturated carbocycles. The van der Waals surface area contributed by atoms with Gasteiger partial charge in [0.1, 0.15) is 5.82 Å². The van der Waals surface area contributed by atoms with Gasteiger partial charge in [-0.3, -0.25) is 4.57 Å². The Labute approximate surface area is 260 Å². The molecule has 212 valence electrons. The number of hydrogen-bond acceptors (Lipinski definition) is 3. The molecule has 3 heterocycles. The van der Waals surface area contributed by atoms with Gasteiger partial charge in [0.15, 0.2) is 13.0 Å². The molecule has 2 aromatic heterocycles. The van der Waals surface area contributed by atoms with Crippen LogP contribution in [0.5, 0.6) is 0 Å². The van der Waals surface area contributed by atoms with Crippen LogP contribution >= 0.6 is 7.14 Å². The zero-order chi connectivity index (χ0) is 30.0. The fourth-order valence-corrected chi connectivity index (χ4v) is 9.84. The molecular formula is C40H26N3OP. The number of hydrogen-bond donors (Lipinski definition) is 0. The molecule has 1 unspecified atom stereocenters. The Bertz CT molecular complexity index is 2390. The molecule has 0 fully saturated rings. The first kappa shape index (κ1) is 25.9. The van der Waals surface area contributed by atoms with Crippen molar-refractivity contribution in [2.45, 2.75) is 0 Å². The zero-order valence-electron chi connectivity index (χ0n) is 24.2. The van der Waals surface area contributed by atoms with Gasteiger partial charge in [-0.05, 0) is 29.3 Å². The third-order valence-corrected chi connectivity index (χ3v) is 12.0. The lowest BCUT2D eigenvalue weighted by Crippen LogP contribution is -2.20. The molecule has 0 bridgehead atoms. The number of benzene rings is 6. The molecule has 0 saturated heterocycles. The Hall–Kier alpha value is -5.57. The quantitative estimate of drug-likeness (QED) is 0.192. The van der Waals surface area contributed by atoms with Crippen molar-refractivity contribution < 1.29 is 4.57 Å². The van der Waals surface area contributed by atoms with Gasteiger partial charge in [0, 0.05) is 43.9 Å². The van der Waals surface area contributed by atoms with Crippen LogP contribution in [0.4, 0.5) is 0 Å². The lowest BCUT2D eigenvalue weighted by Gasteiger charge is -2.16. The van der Waals surface area contributed by atoms with Crippen LogP contribution in [-0.2, 0) is 4.57 Å². The van der Waals surface area contributed by atoms with E-state index in [1.165, 1.54) is 0 Å². The fourth-order valence-electron chi connectivity index (χ4n) is 6.77. The molecule has 6 aromatic carbocycles. The molecule has 0 spiro atoms. The van der Waals surface area contributed by atoms with Gasteiger partial charge >= 0.3 is 0 Å². The molecule has 1 atom stereocenters. The van der Waals surface area contributed by atoms with E-state index in [-0.39, 0.29) is 0 Å². The van der Waals surface area contributed by atoms with E-state index in [0.29, 0.717) is 5.82 Å². The van der Waals surface area contributed by atoms with Crippen molar-refractivity contribution in [1.29, 1.82) is 0 Å². The topological polar surface area (TPSA) is 47.8 Å². The Morgan fingerprint density at radius 1 is 0.489 bits per heavy atom. The van der Waals surface area contributed by atoms with Crippen LogP contribution in [0, 0.1) is 0 Å². The summed E-state index contributed by atoms with van der Waals surface area (Å²) in [6.45, 7) is 0. The Kier molecular flexibility index (Phi) is 5.74. The second-order valence-electron chi connectivity index (χ2n) is 11.4. The van der Waals surface area contributed by atoms with Crippen molar-refractivity contribution in [3.05, 3.63) is 158 Å². The number of rotatable bonds is 4. The molecule has 45 heavy (non-hydrogen) atoms. The molecule has 0 aliphatic carbocycles. The van der Waals surface area contributed by atoms with Crippen molar-refractivity contribution in [1.82, 2.24) is 14.5 Å². The standard InChI is InChI=1S/C40H26N3OP/c44-45(29-18-8-3-9-19-29)37-23-13-11-21-31(37)33-24-36-32(25-38(33)45)30-20-10-12-22-35(30)43(36)39-26-34(27-14-4-1-5-15-27)41-40(42-39)28-16-6-2-7-17-28/h1-26H. The predicted octanol–water partition coefficient (Wildman–Crippen LogP) is 8.53. The third-order valence-electron chi connectivity index (χ3n) is 8.83. The van der Waals surface area contributed by atoms with Gasteiger partial charge in [-0.15, -0.1) is 0 Å². The van der Waals surface area contributed by atoms with E-state index in [1.807, 2.05) is 97.1 Å². The van der Waals surface area contributed by atoms with E-state index in [4.69, 9.17) is 9.97 Å². The first-order valence-corrected chi connectivity index (χ1v) is 16.7. The molecule has 8 aromatic rings. The van der Waals surface area contributed by atoms with Crippen LogP contribution in [-0.4, -0.2) is 14.5 Å². The van der Waals surface area contributed by atoms with Gasteiger partial charge in [0.25, 0.3) is 0 Å². The molecule has 0 amide bonds. The molecule has 9 rings (SSSR count). The molecule has 0 radical (unpaired) electrons. The smallest absolute Gasteiger partial charge is 0.172 e. The minimum atomic E-state index is -3.08. The van der Waals surface area contributed by atoms with E-state index in [2.05, 4.69) is 65.2 Å². The average Bonchev–Trinajstić information content (AvgIpc) is 3.58. The zero-order valence-corrected chi connectivity index (χ0v) is 25.1. The van der Waals surface area contributed by atoms with Crippen LogP contribution in [0.3, 0.4) is 0 Å². The summed E-state index contributed by atoms with van der Waals surface area (Å²) in [7, 11) is -3.08. The average molecular weight is 596 g/mol. The van der Waals surface area contributed by atoms with E-state index in [9.17, 15) is 0 Å². The van der Waals surface area contributed by atoms with Gasteiger partial charge < -0.3 is 4.57 Å². The lowest BCUT2D eigenvalue weighted by atomic mass is 10.0. The van der Waals surface area contributed by atoms with Crippen LogP contribution in [0.1, 0.15) is 0 Å². The maximum atomic E-state index is 15.3. The van der Waals surface area contributed by atoms with E-state index in [1.54, 1.807) is 0 Å². The fraction of sp³-hybridized carbons (Fsp3) is 0. The largest absolute Gasteiger partial charge is 0.309 e. The maximum Gasteiger partial charge on any atom is 0.172 e. The Morgan fingerprint density at radius 3 is 1.91 bits per heavy atom. The summed E-state index contributed by atoms with van der Waals surface area (Å²) < 4.78 is 17.5. The first-order chi connectivity index (χ1) is 22.2. The molecule has 1 aliphatic heterocycles. The third kappa shape index (κ3) is 3.90. The number of fused-ring (bicyclic) bond motifs is 6. The minimum Gasteiger partial charge on any atom is -0.309 e. The van der Waals surface area contributed by atoms with Gasteiger partial charge in [-0.2, -0.15) is 0 Å². The molecule has 0 N–H and O–H groups in total. The van der Waals surface area contributed by atoms with Gasteiger partial charge in [-0.1, -0.05) is 133 Å². The van der Waals surface area contributed by atoms with Crippen LogP contribution in [0.15, 0.2) is 158 Å². The van der Waals surface area contributed by atoms with Gasteiger partial charge in [0.05, 0.1) is 16.7 Å². The Balaban J connectivity index is 1.37. The first-order valence-electron chi connectivity index (χ1n) is 15.0. The summed E-state index contributed by atoms with van der Waals surface area (Å²) >= 11 is 0. The monoisotopic (exact) mass is 595 g/mol. The van der Waals surface area contributed by atoms with Crippen molar-refractivity contribution in [2.24, 2.45) is 0 Å².